The lowest BCUT2D eigenvalue weighted by Gasteiger charge is -2.41. The number of rotatable bonds is 5. The SMILES string of the molecule is NCC1(CC(=O)NC2(C(=O)O)CCCCCC2)CCC1. The van der Waals surface area contributed by atoms with Crippen molar-refractivity contribution < 1.29 is 14.7 Å². The van der Waals surface area contributed by atoms with Crippen LogP contribution in [0.1, 0.15) is 64.2 Å². The van der Waals surface area contributed by atoms with Crippen molar-refractivity contribution in [3.05, 3.63) is 0 Å². The summed E-state index contributed by atoms with van der Waals surface area (Å²) in [5.41, 5.74) is 4.65. The molecule has 2 aliphatic rings. The van der Waals surface area contributed by atoms with Crippen LogP contribution in [0.25, 0.3) is 0 Å². The number of nitrogens with one attached hydrogen (secondary N) is 1. The van der Waals surface area contributed by atoms with Gasteiger partial charge in [-0.25, -0.2) is 4.79 Å². The van der Waals surface area contributed by atoms with Gasteiger partial charge >= 0.3 is 5.97 Å². The predicted octanol–water partition coefficient (Wildman–Crippen LogP) is 1.80. The van der Waals surface area contributed by atoms with Crippen LogP contribution in [-0.2, 0) is 9.59 Å². The molecule has 114 valence electrons. The topological polar surface area (TPSA) is 92.4 Å². The Morgan fingerprint density at radius 3 is 2.00 bits per heavy atom. The van der Waals surface area contributed by atoms with E-state index in [4.69, 9.17) is 5.73 Å². The maximum Gasteiger partial charge on any atom is 0.329 e. The molecule has 0 bridgehead atoms. The molecule has 0 aromatic heterocycles. The minimum atomic E-state index is -1.05. The fourth-order valence-corrected chi connectivity index (χ4v) is 3.51. The molecule has 5 nitrogen and oxygen atoms in total. The van der Waals surface area contributed by atoms with Crippen LogP contribution in [-0.4, -0.2) is 29.1 Å². The van der Waals surface area contributed by atoms with E-state index in [1.165, 1.54) is 0 Å². The summed E-state index contributed by atoms with van der Waals surface area (Å²) in [5.74, 6) is -1.03. The minimum absolute atomic E-state index is 0.0749. The van der Waals surface area contributed by atoms with Crippen molar-refractivity contribution in [2.45, 2.75) is 69.7 Å². The Morgan fingerprint density at radius 2 is 1.60 bits per heavy atom. The maximum absolute atomic E-state index is 12.3. The van der Waals surface area contributed by atoms with E-state index >= 15 is 0 Å². The van der Waals surface area contributed by atoms with Gasteiger partial charge in [0.1, 0.15) is 5.54 Å². The molecule has 0 radical (unpaired) electrons. The number of carboxylic acid groups (broad SMARTS) is 1. The van der Waals surface area contributed by atoms with Gasteiger partial charge in [0.15, 0.2) is 0 Å². The summed E-state index contributed by atoms with van der Waals surface area (Å²) in [6.07, 6.45) is 8.40. The fourth-order valence-electron chi connectivity index (χ4n) is 3.51. The molecule has 0 aromatic rings. The third kappa shape index (κ3) is 3.14. The third-order valence-corrected chi connectivity index (χ3v) is 5.13. The van der Waals surface area contributed by atoms with Crippen LogP contribution < -0.4 is 11.1 Å². The first-order chi connectivity index (χ1) is 9.52. The van der Waals surface area contributed by atoms with Gasteiger partial charge in [-0.1, -0.05) is 32.1 Å². The lowest BCUT2D eigenvalue weighted by atomic mass is 9.66. The van der Waals surface area contributed by atoms with Crippen LogP contribution in [0.2, 0.25) is 0 Å². The summed E-state index contributed by atoms with van der Waals surface area (Å²) in [6.45, 7) is 0.514. The molecular weight excluding hydrogens is 256 g/mol. The number of nitrogens with two attached hydrogens (primary N) is 1. The van der Waals surface area contributed by atoms with Gasteiger partial charge in [-0.3, -0.25) is 4.79 Å². The van der Waals surface area contributed by atoms with Gasteiger partial charge in [0, 0.05) is 6.42 Å². The van der Waals surface area contributed by atoms with Crippen LogP contribution in [0.15, 0.2) is 0 Å². The second-order valence-electron chi connectivity index (χ2n) is 6.58. The molecule has 2 fully saturated rings. The second-order valence-corrected chi connectivity index (χ2v) is 6.58. The first-order valence-electron chi connectivity index (χ1n) is 7.76. The van der Waals surface area contributed by atoms with Gasteiger partial charge in [0.05, 0.1) is 0 Å². The lowest BCUT2D eigenvalue weighted by molar-refractivity contribution is -0.149. The number of aliphatic carboxylic acids is 1. The van der Waals surface area contributed by atoms with Crippen molar-refractivity contribution in [3.8, 4) is 0 Å². The Kier molecular flexibility index (Phi) is 4.68. The third-order valence-electron chi connectivity index (χ3n) is 5.13. The minimum Gasteiger partial charge on any atom is -0.480 e. The lowest BCUT2D eigenvalue weighted by Crippen LogP contribution is -2.55. The Morgan fingerprint density at radius 1 is 1.00 bits per heavy atom. The van der Waals surface area contributed by atoms with Crippen molar-refractivity contribution in [1.82, 2.24) is 5.32 Å². The molecule has 20 heavy (non-hydrogen) atoms. The molecule has 0 aliphatic heterocycles. The zero-order chi connectivity index (χ0) is 14.6. The van der Waals surface area contributed by atoms with E-state index in [1.54, 1.807) is 0 Å². The average molecular weight is 282 g/mol. The van der Waals surface area contributed by atoms with E-state index < -0.39 is 11.5 Å². The normalized spacial score (nSPS) is 24.2. The molecule has 2 rings (SSSR count). The van der Waals surface area contributed by atoms with Gasteiger partial charge in [-0.2, -0.15) is 0 Å². The van der Waals surface area contributed by atoms with E-state index in [0.717, 1.165) is 44.9 Å². The molecule has 0 spiro atoms. The maximum atomic E-state index is 12.3. The first-order valence-corrected chi connectivity index (χ1v) is 7.76. The van der Waals surface area contributed by atoms with E-state index in [1.807, 2.05) is 0 Å². The van der Waals surface area contributed by atoms with E-state index in [2.05, 4.69) is 5.32 Å². The smallest absolute Gasteiger partial charge is 0.329 e. The van der Waals surface area contributed by atoms with Crippen molar-refractivity contribution in [2.24, 2.45) is 11.1 Å². The number of carbonyl (C=O) groups excluding carboxylic acids is 1. The number of hydrogen-bond acceptors (Lipinski definition) is 3. The summed E-state index contributed by atoms with van der Waals surface area (Å²) in [4.78, 5) is 23.9. The Labute approximate surface area is 120 Å². The van der Waals surface area contributed by atoms with Crippen LogP contribution in [0.3, 0.4) is 0 Å². The second kappa shape index (κ2) is 6.12. The molecule has 2 aliphatic carbocycles. The van der Waals surface area contributed by atoms with Crippen molar-refractivity contribution in [1.29, 1.82) is 0 Å². The number of amides is 1. The highest BCUT2D eigenvalue weighted by molar-refractivity contribution is 5.87. The van der Waals surface area contributed by atoms with Gasteiger partial charge in [-0.15, -0.1) is 0 Å². The molecule has 4 N–H and O–H groups in total. The standard InChI is InChI=1S/C15H26N2O3/c16-11-14(6-5-7-14)10-12(18)17-15(13(19)20)8-3-1-2-4-9-15/h1-11,16H2,(H,17,18)(H,19,20). The van der Waals surface area contributed by atoms with Crippen LogP contribution >= 0.6 is 0 Å². The molecule has 0 unspecified atom stereocenters. The zero-order valence-electron chi connectivity index (χ0n) is 12.1. The molecule has 5 heteroatoms. The van der Waals surface area contributed by atoms with Gasteiger partial charge in [-0.05, 0) is 37.6 Å². The van der Waals surface area contributed by atoms with Crippen LogP contribution in [0.5, 0.6) is 0 Å². The van der Waals surface area contributed by atoms with Crippen molar-refractivity contribution >= 4 is 11.9 Å². The monoisotopic (exact) mass is 282 g/mol. The number of carbonyl (C=O) groups is 2. The first kappa shape index (κ1) is 15.3. The summed E-state index contributed by atoms with van der Waals surface area (Å²) < 4.78 is 0. The Hall–Kier alpha value is -1.10. The molecule has 1 amide bonds. The zero-order valence-corrected chi connectivity index (χ0v) is 12.1. The van der Waals surface area contributed by atoms with E-state index in [9.17, 15) is 14.7 Å². The molecule has 0 saturated heterocycles. The highest BCUT2D eigenvalue weighted by atomic mass is 16.4. The summed E-state index contributed by atoms with van der Waals surface area (Å²) in [6, 6.07) is 0. The Balaban J connectivity index is 2.00. The summed E-state index contributed by atoms with van der Waals surface area (Å²) in [7, 11) is 0. The molecule has 0 heterocycles. The fraction of sp³-hybridized carbons (Fsp3) is 0.867. The highest BCUT2D eigenvalue weighted by Gasteiger charge is 2.43. The Bertz CT molecular complexity index is 364. The van der Waals surface area contributed by atoms with Gasteiger partial charge < -0.3 is 16.2 Å². The molecule has 2 saturated carbocycles. The quantitative estimate of drug-likeness (QED) is 0.670. The highest BCUT2D eigenvalue weighted by Crippen LogP contribution is 2.43. The molecular formula is C15H26N2O3. The average Bonchev–Trinajstić information content (AvgIpc) is 2.60. The van der Waals surface area contributed by atoms with Crippen LogP contribution in [0, 0.1) is 5.41 Å². The van der Waals surface area contributed by atoms with Crippen molar-refractivity contribution in [2.75, 3.05) is 6.54 Å². The van der Waals surface area contributed by atoms with E-state index in [0.29, 0.717) is 25.8 Å². The van der Waals surface area contributed by atoms with E-state index in [-0.39, 0.29) is 11.3 Å². The molecule has 0 atom stereocenters. The summed E-state index contributed by atoms with van der Waals surface area (Å²) in [5, 5.41) is 12.4. The van der Waals surface area contributed by atoms with Crippen molar-refractivity contribution in [3.63, 3.8) is 0 Å². The van der Waals surface area contributed by atoms with Gasteiger partial charge in [0.25, 0.3) is 0 Å². The van der Waals surface area contributed by atoms with Crippen LogP contribution in [0.4, 0.5) is 0 Å². The van der Waals surface area contributed by atoms with Gasteiger partial charge in [0.2, 0.25) is 5.91 Å². The number of carboxylic acids is 1. The summed E-state index contributed by atoms with van der Waals surface area (Å²) >= 11 is 0. The number of hydrogen-bond donors (Lipinski definition) is 3. The predicted molar refractivity (Wildman–Crippen MR) is 76.2 cm³/mol. The largest absolute Gasteiger partial charge is 0.480 e. The molecule has 0 aromatic carbocycles.